The molecule has 0 unspecified atom stereocenters. The predicted molar refractivity (Wildman–Crippen MR) is 101 cm³/mol. The molecule has 0 saturated heterocycles. The van der Waals surface area contributed by atoms with Crippen LogP contribution in [0.1, 0.15) is 25.7 Å². The van der Waals surface area contributed by atoms with Gasteiger partial charge in [0, 0.05) is 12.2 Å². The highest BCUT2D eigenvalue weighted by Gasteiger charge is 2.24. The third-order valence-corrected chi connectivity index (χ3v) is 5.51. The molecule has 0 aromatic carbocycles. The van der Waals surface area contributed by atoms with Crippen molar-refractivity contribution in [2.24, 2.45) is 0 Å². The second-order valence-electron chi connectivity index (χ2n) is 5.87. The van der Waals surface area contributed by atoms with Crippen molar-refractivity contribution in [2.75, 3.05) is 5.32 Å². The summed E-state index contributed by atoms with van der Waals surface area (Å²) in [5.74, 6) is 0.435. The van der Waals surface area contributed by atoms with Gasteiger partial charge >= 0.3 is 6.03 Å². The van der Waals surface area contributed by atoms with Gasteiger partial charge < -0.3 is 0 Å². The zero-order chi connectivity index (χ0) is 17.2. The van der Waals surface area contributed by atoms with Gasteiger partial charge in [0.1, 0.15) is 17.0 Å². The van der Waals surface area contributed by atoms with Crippen molar-refractivity contribution >= 4 is 47.2 Å². The lowest BCUT2D eigenvalue weighted by Crippen LogP contribution is -2.34. The topological polar surface area (TPSA) is 83.9 Å². The standard InChI is InChI=1S/C16H16N6OS2/c23-16(22(24)10-3-1-2-4-10)21-14-6-5-11-15(20-14)19-12(7-18-11)13-8-17-9-25-13/h5-10,24H,1-4H2,(H,19,20,21,23). The molecule has 1 saturated carbocycles. The van der Waals surface area contributed by atoms with Crippen molar-refractivity contribution in [1.82, 2.24) is 24.2 Å². The van der Waals surface area contributed by atoms with Crippen LogP contribution in [0.4, 0.5) is 10.6 Å². The largest absolute Gasteiger partial charge is 0.333 e. The lowest BCUT2D eigenvalue weighted by Gasteiger charge is -2.22. The summed E-state index contributed by atoms with van der Waals surface area (Å²) in [6.07, 6.45) is 7.70. The third-order valence-electron chi connectivity index (χ3n) is 4.21. The highest BCUT2D eigenvalue weighted by Crippen LogP contribution is 2.26. The van der Waals surface area contributed by atoms with Gasteiger partial charge in [0.15, 0.2) is 5.65 Å². The first-order chi connectivity index (χ1) is 12.2. The molecule has 128 valence electrons. The molecule has 1 N–H and O–H groups in total. The molecule has 0 bridgehead atoms. The molecule has 4 rings (SSSR count). The van der Waals surface area contributed by atoms with Crippen LogP contribution in [0.25, 0.3) is 21.7 Å². The molecule has 2 amide bonds. The van der Waals surface area contributed by atoms with E-state index in [0.29, 0.717) is 22.7 Å². The summed E-state index contributed by atoms with van der Waals surface area (Å²) in [6.45, 7) is 0. The molecule has 1 aliphatic carbocycles. The van der Waals surface area contributed by atoms with Gasteiger partial charge in [-0.2, -0.15) is 0 Å². The molecule has 7 nitrogen and oxygen atoms in total. The molecule has 0 aliphatic heterocycles. The van der Waals surface area contributed by atoms with Gasteiger partial charge in [-0.1, -0.05) is 25.7 Å². The summed E-state index contributed by atoms with van der Waals surface area (Å²) >= 11 is 5.83. The highest BCUT2D eigenvalue weighted by atomic mass is 32.1. The monoisotopic (exact) mass is 372 g/mol. The zero-order valence-corrected chi connectivity index (χ0v) is 15.0. The van der Waals surface area contributed by atoms with E-state index in [1.54, 1.807) is 30.0 Å². The van der Waals surface area contributed by atoms with Crippen molar-refractivity contribution in [2.45, 2.75) is 31.7 Å². The van der Waals surface area contributed by atoms with E-state index in [4.69, 9.17) is 0 Å². The second-order valence-corrected chi connectivity index (χ2v) is 7.19. The lowest BCUT2D eigenvalue weighted by molar-refractivity contribution is 0.230. The van der Waals surface area contributed by atoms with Crippen LogP contribution < -0.4 is 5.32 Å². The molecule has 3 aromatic heterocycles. The van der Waals surface area contributed by atoms with Crippen LogP contribution in [0.5, 0.6) is 0 Å². The second kappa shape index (κ2) is 6.93. The molecular formula is C16H16N6OS2. The Labute approximate surface area is 154 Å². The van der Waals surface area contributed by atoms with E-state index in [0.717, 1.165) is 30.6 Å². The van der Waals surface area contributed by atoms with Gasteiger partial charge in [0.05, 0.1) is 16.6 Å². The van der Waals surface area contributed by atoms with E-state index in [9.17, 15) is 4.79 Å². The van der Waals surface area contributed by atoms with Crippen LogP contribution in [-0.4, -0.2) is 36.3 Å². The number of rotatable bonds is 3. The molecule has 0 spiro atoms. The van der Waals surface area contributed by atoms with Gasteiger partial charge in [0.25, 0.3) is 0 Å². The summed E-state index contributed by atoms with van der Waals surface area (Å²) in [5.41, 5.74) is 3.61. The van der Waals surface area contributed by atoms with Crippen LogP contribution in [0.2, 0.25) is 0 Å². The summed E-state index contributed by atoms with van der Waals surface area (Å²) < 4.78 is 1.47. The van der Waals surface area contributed by atoms with Crippen LogP contribution in [0.15, 0.2) is 30.0 Å². The highest BCUT2D eigenvalue weighted by molar-refractivity contribution is 7.78. The van der Waals surface area contributed by atoms with Gasteiger partial charge in [-0.3, -0.25) is 19.6 Å². The summed E-state index contributed by atoms with van der Waals surface area (Å²) in [6, 6.07) is 3.42. The molecule has 3 aromatic rings. The molecule has 3 heterocycles. The fourth-order valence-corrected chi connectivity index (χ4v) is 3.77. The fourth-order valence-electron chi connectivity index (χ4n) is 2.91. The predicted octanol–water partition coefficient (Wildman–Crippen LogP) is 3.77. The molecule has 9 heteroatoms. The van der Waals surface area contributed by atoms with Crippen LogP contribution >= 0.6 is 24.2 Å². The van der Waals surface area contributed by atoms with Gasteiger partial charge in [-0.25, -0.2) is 14.8 Å². The summed E-state index contributed by atoms with van der Waals surface area (Å²) in [5, 5.41) is 2.79. The van der Waals surface area contributed by atoms with Gasteiger partial charge in [-0.05, 0) is 25.0 Å². The number of hydrogen-bond donors (Lipinski definition) is 2. The van der Waals surface area contributed by atoms with Crippen molar-refractivity contribution in [3.63, 3.8) is 0 Å². The van der Waals surface area contributed by atoms with Crippen molar-refractivity contribution in [3.8, 4) is 10.6 Å². The number of carbonyl (C=O) groups excluding carboxylic acids is 1. The SMILES string of the molecule is O=C(Nc1ccc2ncc(-c3cncs3)nc2n1)N(S)C1CCCC1. The number of carbonyl (C=O) groups is 1. The van der Waals surface area contributed by atoms with Gasteiger partial charge in [-0.15, -0.1) is 11.3 Å². The molecule has 1 fully saturated rings. The minimum Gasteiger partial charge on any atom is -0.291 e. The van der Waals surface area contributed by atoms with E-state index in [1.165, 1.54) is 15.6 Å². The van der Waals surface area contributed by atoms with Crippen LogP contribution in [0.3, 0.4) is 0 Å². The average Bonchev–Trinajstić information content (AvgIpc) is 3.34. The number of amides is 2. The summed E-state index contributed by atoms with van der Waals surface area (Å²) in [4.78, 5) is 30.6. The van der Waals surface area contributed by atoms with E-state index >= 15 is 0 Å². The number of nitrogens with zero attached hydrogens (tertiary/aromatic N) is 5. The van der Waals surface area contributed by atoms with Crippen LogP contribution in [0, 0.1) is 0 Å². The Morgan fingerprint density at radius 3 is 2.84 bits per heavy atom. The minimum absolute atomic E-state index is 0.182. The number of aromatic nitrogens is 4. The van der Waals surface area contributed by atoms with Gasteiger partial charge in [0.2, 0.25) is 0 Å². The number of hydrogen-bond acceptors (Lipinski definition) is 7. The molecule has 0 atom stereocenters. The Kier molecular flexibility index (Phi) is 4.50. The Bertz CT molecular complexity index is 895. The smallest absolute Gasteiger partial charge is 0.291 e. The first kappa shape index (κ1) is 16.2. The Balaban J connectivity index is 1.56. The minimum atomic E-state index is -0.270. The van der Waals surface area contributed by atoms with Crippen molar-refractivity contribution in [3.05, 3.63) is 30.0 Å². The number of thiazole rings is 1. The Morgan fingerprint density at radius 2 is 2.08 bits per heavy atom. The molecule has 25 heavy (non-hydrogen) atoms. The lowest BCUT2D eigenvalue weighted by atomic mass is 10.2. The maximum Gasteiger partial charge on any atom is 0.333 e. The number of fused-ring (bicyclic) bond motifs is 1. The number of thiol groups is 1. The average molecular weight is 372 g/mol. The molecule has 1 aliphatic rings. The van der Waals surface area contributed by atoms with Crippen LogP contribution in [-0.2, 0) is 0 Å². The number of pyridine rings is 1. The maximum atomic E-state index is 12.3. The quantitative estimate of drug-likeness (QED) is 0.684. The Morgan fingerprint density at radius 1 is 1.24 bits per heavy atom. The first-order valence-electron chi connectivity index (χ1n) is 8.02. The maximum absolute atomic E-state index is 12.3. The van der Waals surface area contributed by atoms with Crippen molar-refractivity contribution in [1.29, 1.82) is 0 Å². The van der Waals surface area contributed by atoms with Crippen molar-refractivity contribution < 1.29 is 4.79 Å². The molecular weight excluding hydrogens is 356 g/mol. The number of urea groups is 1. The van der Waals surface area contributed by atoms with E-state index in [-0.39, 0.29) is 12.1 Å². The normalized spacial score (nSPS) is 14.8. The molecule has 0 radical (unpaired) electrons. The Hall–Kier alpha value is -2.26. The zero-order valence-electron chi connectivity index (χ0n) is 13.3. The summed E-state index contributed by atoms with van der Waals surface area (Å²) in [7, 11) is 0. The van der Waals surface area contributed by atoms with E-state index in [2.05, 4.69) is 38.1 Å². The third kappa shape index (κ3) is 3.42. The number of anilines is 1. The van der Waals surface area contributed by atoms with E-state index < -0.39 is 0 Å². The van der Waals surface area contributed by atoms with E-state index in [1.807, 2.05) is 0 Å². The number of nitrogens with one attached hydrogen (secondary N) is 1. The first-order valence-corrected chi connectivity index (χ1v) is 9.30. The fraction of sp³-hybridized carbons (Fsp3) is 0.312.